The minimum absolute atomic E-state index is 0.612. The molecule has 0 N–H and O–H groups in total. The SMILES string of the molecule is Cc1ccc(CSc2nnc(Cc3cccs3)n2C2CC2)cc1. The Morgan fingerprint density at radius 3 is 2.70 bits per heavy atom. The smallest absolute Gasteiger partial charge is 0.191 e. The Morgan fingerprint density at radius 1 is 1.17 bits per heavy atom. The molecule has 0 bridgehead atoms. The molecule has 0 saturated heterocycles. The van der Waals surface area contributed by atoms with Crippen molar-refractivity contribution in [3.8, 4) is 0 Å². The van der Waals surface area contributed by atoms with Crippen LogP contribution >= 0.6 is 23.1 Å². The summed E-state index contributed by atoms with van der Waals surface area (Å²) in [4.78, 5) is 1.36. The summed E-state index contributed by atoms with van der Waals surface area (Å²) < 4.78 is 2.37. The summed E-state index contributed by atoms with van der Waals surface area (Å²) in [6.07, 6.45) is 3.41. The number of benzene rings is 1. The van der Waals surface area contributed by atoms with Crippen LogP contribution in [0.25, 0.3) is 0 Å². The first-order chi connectivity index (χ1) is 11.3. The fraction of sp³-hybridized carbons (Fsp3) is 0.333. The maximum Gasteiger partial charge on any atom is 0.191 e. The highest BCUT2D eigenvalue weighted by Crippen LogP contribution is 2.39. The van der Waals surface area contributed by atoms with E-state index >= 15 is 0 Å². The third-order valence-corrected chi connectivity index (χ3v) is 5.94. The summed E-state index contributed by atoms with van der Waals surface area (Å²) in [5.41, 5.74) is 2.64. The average molecular weight is 342 g/mol. The summed E-state index contributed by atoms with van der Waals surface area (Å²) in [6, 6.07) is 13.6. The van der Waals surface area contributed by atoms with Crippen molar-refractivity contribution in [2.24, 2.45) is 0 Å². The Morgan fingerprint density at radius 2 is 2.00 bits per heavy atom. The van der Waals surface area contributed by atoms with Gasteiger partial charge in [0.25, 0.3) is 0 Å². The van der Waals surface area contributed by atoms with Crippen molar-refractivity contribution in [2.75, 3.05) is 0 Å². The van der Waals surface area contributed by atoms with Crippen LogP contribution in [0.3, 0.4) is 0 Å². The van der Waals surface area contributed by atoms with Gasteiger partial charge in [0.05, 0.1) is 0 Å². The predicted molar refractivity (Wildman–Crippen MR) is 96.2 cm³/mol. The number of thiophene rings is 1. The molecule has 2 heterocycles. The van der Waals surface area contributed by atoms with E-state index in [0.29, 0.717) is 6.04 Å². The van der Waals surface area contributed by atoms with Gasteiger partial charge in [-0.15, -0.1) is 21.5 Å². The van der Waals surface area contributed by atoms with Gasteiger partial charge in [0.2, 0.25) is 0 Å². The van der Waals surface area contributed by atoms with Gasteiger partial charge in [0, 0.05) is 23.1 Å². The summed E-state index contributed by atoms with van der Waals surface area (Å²) in [5, 5.41) is 12.1. The second-order valence-corrected chi connectivity index (χ2v) is 8.01. The first-order valence-corrected chi connectivity index (χ1v) is 9.80. The van der Waals surface area contributed by atoms with E-state index in [0.717, 1.165) is 23.2 Å². The Balaban J connectivity index is 1.51. The van der Waals surface area contributed by atoms with Crippen molar-refractivity contribution in [1.29, 1.82) is 0 Å². The van der Waals surface area contributed by atoms with Crippen molar-refractivity contribution >= 4 is 23.1 Å². The van der Waals surface area contributed by atoms with E-state index in [2.05, 4.69) is 63.5 Å². The molecular formula is C18H19N3S2. The highest BCUT2D eigenvalue weighted by molar-refractivity contribution is 7.98. The van der Waals surface area contributed by atoms with Crippen LogP contribution in [0.1, 0.15) is 40.7 Å². The van der Waals surface area contributed by atoms with Gasteiger partial charge in [0.1, 0.15) is 5.82 Å². The number of hydrogen-bond donors (Lipinski definition) is 0. The Labute approximate surface area is 144 Å². The van der Waals surface area contributed by atoms with Crippen molar-refractivity contribution in [2.45, 2.75) is 43.1 Å². The average Bonchev–Trinajstić information content (AvgIpc) is 3.11. The monoisotopic (exact) mass is 341 g/mol. The van der Waals surface area contributed by atoms with Crippen LogP contribution in [0.4, 0.5) is 0 Å². The number of nitrogens with zero attached hydrogens (tertiary/aromatic N) is 3. The van der Waals surface area contributed by atoms with Gasteiger partial charge in [-0.05, 0) is 36.8 Å². The maximum atomic E-state index is 4.48. The molecule has 1 saturated carbocycles. The van der Waals surface area contributed by atoms with Crippen molar-refractivity contribution in [3.05, 3.63) is 63.6 Å². The van der Waals surface area contributed by atoms with Crippen LogP contribution in [0.15, 0.2) is 46.9 Å². The molecule has 0 aliphatic heterocycles. The molecule has 0 unspecified atom stereocenters. The normalized spacial score (nSPS) is 14.3. The summed E-state index contributed by atoms with van der Waals surface area (Å²) in [6.45, 7) is 2.12. The standard InChI is InChI=1S/C18H19N3S2/c1-13-4-6-14(7-5-13)12-23-18-20-19-17(21(18)15-8-9-15)11-16-3-2-10-22-16/h2-7,10,15H,8-9,11-12H2,1H3. The molecular weight excluding hydrogens is 322 g/mol. The predicted octanol–water partition coefficient (Wildman–Crippen LogP) is 4.87. The van der Waals surface area contributed by atoms with Gasteiger partial charge >= 0.3 is 0 Å². The number of hydrogen-bond acceptors (Lipinski definition) is 4. The molecule has 1 aliphatic rings. The minimum Gasteiger partial charge on any atom is -0.303 e. The highest BCUT2D eigenvalue weighted by Gasteiger charge is 2.29. The summed E-state index contributed by atoms with van der Waals surface area (Å²) in [5.74, 6) is 2.06. The summed E-state index contributed by atoms with van der Waals surface area (Å²) >= 11 is 3.59. The lowest BCUT2D eigenvalue weighted by Gasteiger charge is -2.08. The Bertz CT molecular complexity index is 771. The number of rotatable bonds is 6. The molecule has 0 radical (unpaired) electrons. The molecule has 4 rings (SSSR count). The van der Waals surface area contributed by atoms with Gasteiger partial charge in [-0.25, -0.2) is 0 Å². The van der Waals surface area contributed by atoms with E-state index in [-0.39, 0.29) is 0 Å². The lowest BCUT2D eigenvalue weighted by Crippen LogP contribution is -2.03. The lowest BCUT2D eigenvalue weighted by molar-refractivity contribution is 0.635. The first-order valence-electron chi connectivity index (χ1n) is 7.94. The van der Waals surface area contributed by atoms with Gasteiger partial charge < -0.3 is 4.57 Å². The molecule has 5 heteroatoms. The molecule has 0 amide bonds. The number of aryl methyl sites for hydroxylation is 1. The Kier molecular flexibility index (Phi) is 4.23. The number of aromatic nitrogens is 3. The molecule has 2 aromatic heterocycles. The van der Waals surface area contributed by atoms with Crippen LogP contribution in [0.2, 0.25) is 0 Å². The van der Waals surface area contributed by atoms with Crippen molar-refractivity contribution in [3.63, 3.8) is 0 Å². The molecule has 3 nitrogen and oxygen atoms in total. The quantitative estimate of drug-likeness (QED) is 0.600. The van der Waals surface area contributed by atoms with E-state index < -0.39 is 0 Å². The second-order valence-electron chi connectivity index (χ2n) is 6.03. The summed E-state index contributed by atoms with van der Waals surface area (Å²) in [7, 11) is 0. The van der Waals surface area contributed by atoms with Gasteiger partial charge in [0.15, 0.2) is 5.16 Å². The third-order valence-electron chi connectivity index (χ3n) is 4.05. The van der Waals surface area contributed by atoms with Crippen molar-refractivity contribution in [1.82, 2.24) is 14.8 Å². The van der Waals surface area contributed by atoms with Crippen LogP contribution < -0.4 is 0 Å². The van der Waals surface area contributed by atoms with Crippen LogP contribution in [0.5, 0.6) is 0 Å². The molecule has 1 fully saturated rings. The topological polar surface area (TPSA) is 30.7 Å². The number of thioether (sulfide) groups is 1. The fourth-order valence-corrected chi connectivity index (χ4v) is 4.31. The fourth-order valence-electron chi connectivity index (χ4n) is 2.63. The van der Waals surface area contributed by atoms with Gasteiger partial charge in [-0.1, -0.05) is 47.7 Å². The van der Waals surface area contributed by atoms with E-state index in [1.54, 1.807) is 23.1 Å². The van der Waals surface area contributed by atoms with Crippen LogP contribution in [0, 0.1) is 6.92 Å². The van der Waals surface area contributed by atoms with E-state index in [1.807, 2.05) is 0 Å². The molecule has 1 aromatic carbocycles. The van der Waals surface area contributed by atoms with E-state index in [4.69, 9.17) is 0 Å². The third kappa shape index (κ3) is 3.51. The minimum atomic E-state index is 0.612. The first kappa shape index (κ1) is 15.0. The molecule has 1 aliphatic carbocycles. The van der Waals surface area contributed by atoms with Crippen LogP contribution in [-0.4, -0.2) is 14.8 Å². The highest BCUT2D eigenvalue weighted by atomic mass is 32.2. The lowest BCUT2D eigenvalue weighted by atomic mass is 10.2. The second kappa shape index (κ2) is 6.49. The van der Waals surface area contributed by atoms with E-state index in [1.165, 1.54) is 28.8 Å². The molecule has 118 valence electrons. The molecule has 23 heavy (non-hydrogen) atoms. The van der Waals surface area contributed by atoms with Crippen molar-refractivity contribution < 1.29 is 0 Å². The molecule has 3 aromatic rings. The molecule has 0 atom stereocenters. The maximum absolute atomic E-state index is 4.48. The largest absolute Gasteiger partial charge is 0.303 e. The van der Waals surface area contributed by atoms with Gasteiger partial charge in [-0.3, -0.25) is 0 Å². The van der Waals surface area contributed by atoms with Gasteiger partial charge in [-0.2, -0.15) is 0 Å². The zero-order valence-electron chi connectivity index (χ0n) is 13.1. The Hall–Kier alpha value is -1.59. The zero-order valence-corrected chi connectivity index (χ0v) is 14.7. The zero-order chi connectivity index (χ0) is 15.6. The molecule has 0 spiro atoms. The van der Waals surface area contributed by atoms with E-state index in [9.17, 15) is 0 Å². The van der Waals surface area contributed by atoms with Crippen LogP contribution in [-0.2, 0) is 12.2 Å².